The summed E-state index contributed by atoms with van der Waals surface area (Å²) in [5.41, 5.74) is 0.433. The summed E-state index contributed by atoms with van der Waals surface area (Å²) in [6.45, 7) is 1.21. The summed E-state index contributed by atoms with van der Waals surface area (Å²) in [5, 5.41) is 8.92. The quantitative estimate of drug-likeness (QED) is 0.815. The van der Waals surface area contributed by atoms with E-state index in [1.54, 1.807) is 36.2 Å². The first-order valence-electron chi connectivity index (χ1n) is 6.17. The van der Waals surface area contributed by atoms with Crippen molar-refractivity contribution in [3.05, 3.63) is 29.8 Å². The van der Waals surface area contributed by atoms with E-state index in [0.717, 1.165) is 6.42 Å². The van der Waals surface area contributed by atoms with Crippen LogP contribution in [0.1, 0.15) is 12.0 Å². The molecule has 0 saturated carbocycles. The van der Waals surface area contributed by atoms with Crippen LogP contribution < -0.4 is 4.74 Å². The van der Waals surface area contributed by atoms with Crippen molar-refractivity contribution < 1.29 is 14.3 Å². The summed E-state index contributed by atoms with van der Waals surface area (Å²) < 4.78 is 10.7. The maximum atomic E-state index is 12.0. The molecule has 0 bridgehead atoms. The van der Waals surface area contributed by atoms with Gasteiger partial charge in [-0.1, -0.05) is 12.1 Å². The topological polar surface area (TPSA) is 62.6 Å². The molecule has 1 fully saturated rings. The Balaban J connectivity index is 1.91. The number of ether oxygens (including phenoxy) is 2. The van der Waals surface area contributed by atoms with E-state index < -0.39 is 0 Å². The SMILES string of the molecule is CN(C(=O)COc1ccccc1C#N)C1CCOC1. The first-order valence-corrected chi connectivity index (χ1v) is 6.17. The number of amides is 1. The standard InChI is InChI=1S/C14H16N2O3/c1-16(12-6-7-18-9-12)14(17)10-19-13-5-3-2-4-11(13)8-15/h2-5,12H,6-7,9-10H2,1H3. The van der Waals surface area contributed by atoms with Gasteiger partial charge in [-0.3, -0.25) is 4.79 Å². The smallest absolute Gasteiger partial charge is 0.260 e. The molecule has 0 N–H and O–H groups in total. The van der Waals surface area contributed by atoms with E-state index in [0.29, 0.717) is 24.5 Å². The molecule has 1 aromatic rings. The predicted molar refractivity (Wildman–Crippen MR) is 68.6 cm³/mol. The van der Waals surface area contributed by atoms with Crippen molar-refractivity contribution in [2.45, 2.75) is 12.5 Å². The molecule has 1 saturated heterocycles. The third-order valence-electron chi connectivity index (χ3n) is 3.21. The molecule has 1 heterocycles. The van der Waals surface area contributed by atoms with Crippen molar-refractivity contribution in [1.29, 1.82) is 5.26 Å². The normalized spacial score (nSPS) is 17.8. The van der Waals surface area contributed by atoms with E-state index >= 15 is 0 Å². The fourth-order valence-corrected chi connectivity index (χ4v) is 1.96. The second-order valence-electron chi connectivity index (χ2n) is 4.42. The Morgan fingerprint density at radius 3 is 3.05 bits per heavy atom. The van der Waals surface area contributed by atoms with E-state index in [4.69, 9.17) is 14.7 Å². The van der Waals surface area contributed by atoms with Crippen LogP contribution in [0.5, 0.6) is 5.75 Å². The van der Waals surface area contributed by atoms with Gasteiger partial charge in [0.05, 0.1) is 18.2 Å². The van der Waals surface area contributed by atoms with E-state index in [1.807, 2.05) is 6.07 Å². The number of benzene rings is 1. The van der Waals surface area contributed by atoms with Gasteiger partial charge in [0.25, 0.3) is 5.91 Å². The van der Waals surface area contributed by atoms with Crippen LogP contribution in [-0.2, 0) is 9.53 Å². The molecule has 1 aromatic carbocycles. The molecule has 1 amide bonds. The summed E-state index contributed by atoms with van der Waals surface area (Å²) in [6, 6.07) is 9.04. The summed E-state index contributed by atoms with van der Waals surface area (Å²) in [5.74, 6) is 0.331. The van der Waals surface area contributed by atoms with Gasteiger partial charge >= 0.3 is 0 Å². The number of likely N-dealkylation sites (N-methyl/N-ethyl adjacent to an activating group) is 1. The van der Waals surface area contributed by atoms with Gasteiger partial charge in [0.1, 0.15) is 11.8 Å². The zero-order chi connectivity index (χ0) is 13.7. The number of carbonyl (C=O) groups is 1. The highest BCUT2D eigenvalue weighted by molar-refractivity contribution is 5.78. The Kier molecular flexibility index (Phi) is 4.37. The lowest BCUT2D eigenvalue weighted by atomic mass is 10.2. The van der Waals surface area contributed by atoms with Crippen LogP contribution in [0.15, 0.2) is 24.3 Å². The number of hydrogen-bond donors (Lipinski definition) is 0. The first-order chi connectivity index (χ1) is 9.22. The van der Waals surface area contributed by atoms with Crippen molar-refractivity contribution in [3.8, 4) is 11.8 Å². The molecule has 0 radical (unpaired) electrons. The molecule has 5 nitrogen and oxygen atoms in total. The van der Waals surface area contributed by atoms with Crippen LogP contribution in [0.3, 0.4) is 0 Å². The second-order valence-corrected chi connectivity index (χ2v) is 4.42. The minimum Gasteiger partial charge on any atom is -0.482 e. The fourth-order valence-electron chi connectivity index (χ4n) is 1.96. The third-order valence-corrected chi connectivity index (χ3v) is 3.21. The Hall–Kier alpha value is -2.06. The molecular formula is C14H16N2O3. The average molecular weight is 260 g/mol. The third kappa shape index (κ3) is 3.24. The molecule has 0 spiro atoms. The Morgan fingerprint density at radius 1 is 1.58 bits per heavy atom. The van der Waals surface area contributed by atoms with Crippen LogP contribution in [0, 0.1) is 11.3 Å². The van der Waals surface area contributed by atoms with Crippen LogP contribution in [0.25, 0.3) is 0 Å². The summed E-state index contributed by atoms with van der Waals surface area (Å²) in [6.07, 6.45) is 0.858. The molecule has 1 unspecified atom stereocenters. The van der Waals surface area contributed by atoms with Crippen molar-refractivity contribution in [2.24, 2.45) is 0 Å². The van der Waals surface area contributed by atoms with Crippen molar-refractivity contribution in [2.75, 3.05) is 26.9 Å². The van der Waals surface area contributed by atoms with Gasteiger partial charge in [-0.25, -0.2) is 0 Å². The lowest BCUT2D eigenvalue weighted by Gasteiger charge is -2.23. The zero-order valence-electron chi connectivity index (χ0n) is 10.8. The number of nitriles is 1. The molecule has 1 atom stereocenters. The van der Waals surface area contributed by atoms with Crippen molar-refractivity contribution in [1.82, 2.24) is 4.90 Å². The van der Waals surface area contributed by atoms with Crippen LogP contribution in [-0.4, -0.2) is 43.7 Å². The minimum atomic E-state index is -0.108. The van der Waals surface area contributed by atoms with Crippen LogP contribution in [0.2, 0.25) is 0 Å². The summed E-state index contributed by atoms with van der Waals surface area (Å²) in [7, 11) is 1.75. The number of nitrogens with zero attached hydrogens (tertiary/aromatic N) is 2. The monoisotopic (exact) mass is 260 g/mol. The highest BCUT2D eigenvalue weighted by Crippen LogP contribution is 2.17. The Morgan fingerprint density at radius 2 is 2.37 bits per heavy atom. The Labute approximate surface area is 112 Å². The molecule has 0 aliphatic carbocycles. The maximum absolute atomic E-state index is 12.0. The van der Waals surface area contributed by atoms with Gasteiger partial charge in [0.2, 0.25) is 0 Å². The van der Waals surface area contributed by atoms with Gasteiger partial charge in [-0.2, -0.15) is 5.26 Å². The molecule has 0 aromatic heterocycles. The minimum absolute atomic E-state index is 0.0638. The zero-order valence-corrected chi connectivity index (χ0v) is 10.8. The van der Waals surface area contributed by atoms with Gasteiger partial charge in [-0.15, -0.1) is 0 Å². The lowest BCUT2D eigenvalue weighted by Crippen LogP contribution is -2.40. The number of hydrogen-bond acceptors (Lipinski definition) is 4. The number of rotatable bonds is 4. The van der Waals surface area contributed by atoms with Crippen molar-refractivity contribution in [3.63, 3.8) is 0 Å². The molecule has 5 heteroatoms. The Bertz CT molecular complexity index is 490. The highest BCUT2D eigenvalue weighted by Gasteiger charge is 2.24. The van der Waals surface area contributed by atoms with Gasteiger partial charge in [0.15, 0.2) is 6.61 Å². The van der Waals surface area contributed by atoms with E-state index in [1.165, 1.54) is 0 Å². The van der Waals surface area contributed by atoms with Gasteiger partial charge < -0.3 is 14.4 Å². The average Bonchev–Trinajstić information content (AvgIpc) is 2.98. The lowest BCUT2D eigenvalue weighted by molar-refractivity contribution is -0.134. The van der Waals surface area contributed by atoms with Crippen LogP contribution >= 0.6 is 0 Å². The first kappa shape index (κ1) is 13.4. The molecule has 1 aliphatic heterocycles. The fraction of sp³-hybridized carbons (Fsp3) is 0.429. The summed E-state index contributed by atoms with van der Waals surface area (Å²) >= 11 is 0. The molecule has 2 rings (SSSR count). The maximum Gasteiger partial charge on any atom is 0.260 e. The molecule has 100 valence electrons. The van der Waals surface area contributed by atoms with E-state index in [2.05, 4.69) is 0 Å². The van der Waals surface area contributed by atoms with Crippen LogP contribution in [0.4, 0.5) is 0 Å². The van der Waals surface area contributed by atoms with Gasteiger partial charge in [-0.05, 0) is 18.6 Å². The number of carbonyl (C=O) groups excluding carboxylic acids is 1. The predicted octanol–water partition coefficient (Wildman–Crippen LogP) is 1.18. The molecule has 19 heavy (non-hydrogen) atoms. The van der Waals surface area contributed by atoms with Gasteiger partial charge in [0, 0.05) is 13.7 Å². The summed E-state index contributed by atoms with van der Waals surface area (Å²) in [4.78, 5) is 13.6. The second kappa shape index (κ2) is 6.21. The molecular weight excluding hydrogens is 244 g/mol. The highest BCUT2D eigenvalue weighted by atomic mass is 16.5. The number of para-hydroxylation sites is 1. The largest absolute Gasteiger partial charge is 0.482 e. The van der Waals surface area contributed by atoms with Crippen molar-refractivity contribution >= 4 is 5.91 Å². The van der Waals surface area contributed by atoms with E-state index in [9.17, 15) is 4.79 Å². The molecule has 1 aliphatic rings. The van der Waals surface area contributed by atoms with E-state index in [-0.39, 0.29) is 18.6 Å².